The van der Waals surface area contributed by atoms with Gasteiger partial charge >= 0.3 is 0 Å². The summed E-state index contributed by atoms with van der Waals surface area (Å²) in [5, 5.41) is 10.2. The number of para-hydroxylation sites is 1. The van der Waals surface area contributed by atoms with Gasteiger partial charge in [-0.3, -0.25) is 4.79 Å². The Morgan fingerprint density at radius 2 is 1.82 bits per heavy atom. The monoisotopic (exact) mass is 440 g/mol. The highest BCUT2D eigenvalue weighted by atomic mass is 16.2. The zero-order chi connectivity index (χ0) is 22.4. The summed E-state index contributed by atoms with van der Waals surface area (Å²) in [6, 6.07) is 16.5. The van der Waals surface area contributed by atoms with Gasteiger partial charge in [0.2, 0.25) is 11.9 Å². The molecule has 7 nitrogen and oxygen atoms in total. The summed E-state index contributed by atoms with van der Waals surface area (Å²) >= 11 is 0. The van der Waals surface area contributed by atoms with Gasteiger partial charge in [0.25, 0.3) is 0 Å². The molecular formula is C26H28N6O. The summed E-state index contributed by atoms with van der Waals surface area (Å²) in [5.74, 6) is 2.23. The molecule has 1 saturated carbocycles. The Morgan fingerprint density at radius 3 is 2.64 bits per heavy atom. The molecule has 2 aromatic heterocycles. The molecule has 2 aromatic carbocycles. The zero-order valence-electron chi connectivity index (χ0n) is 18.9. The van der Waals surface area contributed by atoms with Crippen LogP contribution in [0.1, 0.15) is 31.2 Å². The minimum absolute atomic E-state index is 0.243. The van der Waals surface area contributed by atoms with Gasteiger partial charge in [-0.2, -0.15) is 0 Å². The molecule has 0 radical (unpaired) electrons. The third-order valence-corrected chi connectivity index (χ3v) is 7.05. The molecule has 7 heteroatoms. The molecule has 0 atom stereocenters. The third kappa shape index (κ3) is 3.52. The highest BCUT2D eigenvalue weighted by Crippen LogP contribution is 2.31. The van der Waals surface area contributed by atoms with E-state index in [1.165, 1.54) is 12.0 Å². The first-order valence-corrected chi connectivity index (χ1v) is 11.9. The molecule has 2 fully saturated rings. The van der Waals surface area contributed by atoms with Crippen molar-refractivity contribution in [1.82, 2.24) is 24.5 Å². The second-order valence-electron chi connectivity index (χ2n) is 9.27. The van der Waals surface area contributed by atoms with Crippen molar-refractivity contribution in [3.8, 4) is 11.4 Å². The van der Waals surface area contributed by atoms with Crippen molar-refractivity contribution in [2.75, 3.05) is 31.1 Å². The van der Waals surface area contributed by atoms with Gasteiger partial charge in [0.05, 0.1) is 5.52 Å². The van der Waals surface area contributed by atoms with Gasteiger partial charge in [0.15, 0.2) is 11.5 Å². The zero-order valence-corrected chi connectivity index (χ0v) is 18.9. The molecule has 168 valence electrons. The fourth-order valence-corrected chi connectivity index (χ4v) is 5.00. The molecule has 1 saturated heterocycles. The minimum Gasteiger partial charge on any atom is -0.341 e. The number of carbonyl (C=O) groups excluding carboxylic acids is 1. The first-order chi connectivity index (χ1) is 16.2. The van der Waals surface area contributed by atoms with Crippen LogP contribution in [0.25, 0.3) is 27.9 Å². The average molecular weight is 441 g/mol. The van der Waals surface area contributed by atoms with Gasteiger partial charge in [-0.25, -0.2) is 9.38 Å². The number of fused-ring (bicyclic) bond motifs is 3. The Morgan fingerprint density at radius 1 is 0.939 bits per heavy atom. The lowest BCUT2D eigenvalue weighted by Gasteiger charge is -2.31. The summed E-state index contributed by atoms with van der Waals surface area (Å²) in [6.07, 6.45) is 4.21. The second kappa shape index (κ2) is 8.14. The molecule has 2 aliphatic rings. The maximum absolute atomic E-state index is 12.9. The first kappa shape index (κ1) is 20.1. The highest BCUT2D eigenvalue weighted by Gasteiger charge is 2.31. The predicted molar refractivity (Wildman–Crippen MR) is 129 cm³/mol. The van der Waals surface area contributed by atoms with Gasteiger partial charge in [0.1, 0.15) is 0 Å². The van der Waals surface area contributed by atoms with Crippen molar-refractivity contribution in [1.29, 1.82) is 0 Å². The van der Waals surface area contributed by atoms with E-state index in [1.54, 1.807) is 0 Å². The molecule has 0 bridgehead atoms. The number of hydrogen-bond donors (Lipinski definition) is 0. The third-order valence-electron chi connectivity index (χ3n) is 7.05. The Bertz CT molecular complexity index is 1340. The Balaban J connectivity index is 1.44. The van der Waals surface area contributed by atoms with Crippen molar-refractivity contribution in [2.24, 2.45) is 5.92 Å². The van der Waals surface area contributed by atoms with Crippen LogP contribution in [-0.2, 0) is 4.79 Å². The number of amides is 1. The molecule has 6 rings (SSSR count). The fourth-order valence-electron chi connectivity index (χ4n) is 5.00. The van der Waals surface area contributed by atoms with E-state index < -0.39 is 0 Å². The number of carbonyl (C=O) groups is 1. The molecule has 33 heavy (non-hydrogen) atoms. The van der Waals surface area contributed by atoms with E-state index in [1.807, 2.05) is 18.2 Å². The lowest BCUT2D eigenvalue weighted by Crippen LogP contribution is -2.41. The lowest BCUT2D eigenvalue weighted by atomic mass is 9.84. The molecule has 3 heterocycles. The van der Waals surface area contributed by atoms with E-state index in [2.05, 4.69) is 61.7 Å². The summed E-state index contributed by atoms with van der Waals surface area (Å²) in [6.45, 7) is 5.23. The Kier molecular flexibility index (Phi) is 4.97. The number of anilines is 1. The van der Waals surface area contributed by atoms with E-state index in [9.17, 15) is 4.79 Å². The van der Waals surface area contributed by atoms with Crippen LogP contribution in [0.5, 0.6) is 0 Å². The SMILES string of the molecule is Cc1cccc(-c2nnc3c4ccccc4nc(N4CCCN(C(=O)C5CCC5)CC4)n23)c1. The number of aryl methyl sites for hydroxylation is 1. The lowest BCUT2D eigenvalue weighted by molar-refractivity contribution is -0.137. The van der Waals surface area contributed by atoms with Crippen molar-refractivity contribution >= 4 is 28.4 Å². The summed E-state index contributed by atoms with van der Waals surface area (Å²) < 4.78 is 2.10. The van der Waals surface area contributed by atoms with Crippen LogP contribution < -0.4 is 4.90 Å². The smallest absolute Gasteiger partial charge is 0.225 e. The number of benzene rings is 2. The molecule has 1 aliphatic heterocycles. The van der Waals surface area contributed by atoms with Gasteiger partial charge in [-0.05, 0) is 44.4 Å². The van der Waals surface area contributed by atoms with E-state index in [4.69, 9.17) is 4.98 Å². The Labute approximate surface area is 193 Å². The number of rotatable bonds is 3. The van der Waals surface area contributed by atoms with E-state index >= 15 is 0 Å². The van der Waals surface area contributed by atoms with Crippen molar-refractivity contribution in [3.63, 3.8) is 0 Å². The van der Waals surface area contributed by atoms with Gasteiger partial charge in [0, 0.05) is 43.0 Å². The van der Waals surface area contributed by atoms with Crippen LogP contribution in [0.15, 0.2) is 48.5 Å². The van der Waals surface area contributed by atoms with Crippen molar-refractivity contribution < 1.29 is 4.79 Å². The summed E-state index contributed by atoms with van der Waals surface area (Å²) in [4.78, 5) is 22.3. The normalized spacial score (nSPS) is 17.4. The van der Waals surface area contributed by atoms with Crippen LogP contribution in [0.3, 0.4) is 0 Å². The molecule has 1 amide bonds. The van der Waals surface area contributed by atoms with Gasteiger partial charge in [-0.15, -0.1) is 10.2 Å². The molecule has 0 spiro atoms. The average Bonchev–Trinajstić information content (AvgIpc) is 3.09. The Hall–Kier alpha value is -3.48. The molecule has 4 aromatic rings. The fraction of sp³-hybridized carbons (Fsp3) is 0.385. The minimum atomic E-state index is 0.243. The van der Waals surface area contributed by atoms with Gasteiger partial charge < -0.3 is 9.80 Å². The maximum atomic E-state index is 12.9. The second-order valence-corrected chi connectivity index (χ2v) is 9.27. The van der Waals surface area contributed by atoms with E-state index in [0.29, 0.717) is 5.91 Å². The van der Waals surface area contributed by atoms with Crippen LogP contribution >= 0.6 is 0 Å². The number of nitrogens with zero attached hydrogens (tertiary/aromatic N) is 6. The first-order valence-electron chi connectivity index (χ1n) is 11.9. The quantitative estimate of drug-likeness (QED) is 0.480. The van der Waals surface area contributed by atoms with Crippen LogP contribution in [-0.4, -0.2) is 56.6 Å². The summed E-state index contributed by atoms with van der Waals surface area (Å²) in [7, 11) is 0. The summed E-state index contributed by atoms with van der Waals surface area (Å²) in [5.41, 5.74) is 3.94. The molecular weight excluding hydrogens is 412 g/mol. The van der Waals surface area contributed by atoms with Crippen molar-refractivity contribution in [3.05, 3.63) is 54.1 Å². The van der Waals surface area contributed by atoms with Crippen LogP contribution in [0, 0.1) is 12.8 Å². The van der Waals surface area contributed by atoms with Crippen molar-refractivity contribution in [2.45, 2.75) is 32.6 Å². The molecule has 1 aliphatic carbocycles. The molecule has 0 unspecified atom stereocenters. The molecule has 0 N–H and O–H groups in total. The standard InChI is InChI=1S/C26H28N6O/c1-18-7-4-10-20(17-18)23-28-29-24-21-11-2-3-12-22(21)27-26(32(23)24)31-14-6-13-30(15-16-31)25(33)19-8-5-9-19/h2-4,7,10-12,17,19H,5-6,8-9,13-16H2,1H3. The van der Waals surface area contributed by atoms with Gasteiger partial charge in [-0.1, -0.05) is 42.3 Å². The van der Waals surface area contributed by atoms with Crippen LogP contribution in [0.4, 0.5) is 5.95 Å². The maximum Gasteiger partial charge on any atom is 0.225 e. The predicted octanol–water partition coefficient (Wildman–Crippen LogP) is 4.09. The largest absolute Gasteiger partial charge is 0.341 e. The topological polar surface area (TPSA) is 66.6 Å². The van der Waals surface area contributed by atoms with Crippen LogP contribution in [0.2, 0.25) is 0 Å². The number of hydrogen-bond acceptors (Lipinski definition) is 5. The van der Waals surface area contributed by atoms with E-state index in [0.717, 1.165) is 79.3 Å². The highest BCUT2D eigenvalue weighted by molar-refractivity contribution is 5.93. The van der Waals surface area contributed by atoms with E-state index in [-0.39, 0.29) is 5.92 Å². The number of aromatic nitrogens is 4.